The van der Waals surface area contributed by atoms with Gasteiger partial charge >= 0.3 is 0 Å². The van der Waals surface area contributed by atoms with Crippen molar-refractivity contribution in [2.75, 3.05) is 24.5 Å². The van der Waals surface area contributed by atoms with E-state index in [2.05, 4.69) is 22.0 Å². The molecule has 1 aromatic rings. The van der Waals surface area contributed by atoms with Gasteiger partial charge in [0.05, 0.1) is 0 Å². The molecule has 88 valence electrons. The summed E-state index contributed by atoms with van der Waals surface area (Å²) in [6.45, 7) is 5.20. The van der Waals surface area contributed by atoms with Crippen LogP contribution in [0.4, 0.5) is 5.69 Å². The Morgan fingerprint density at radius 3 is 2.81 bits per heavy atom. The second kappa shape index (κ2) is 5.30. The number of nitrogens with zero attached hydrogens (tertiary/aromatic N) is 2. The van der Waals surface area contributed by atoms with Crippen LogP contribution < -0.4 is 10.6 Å². The summed E-state index contributed by atoms with van der Waals surface area (Å²) >= 11 is 0. The van der Waals surface area contributed by atoms with Crippen LogP contribution in [-0.4, -0.2) is 24.6 Å². The molecule has 16 heavy (non-hydrogen) atoms. The highest BCUT2D eigenvalue weighted by molar-refractivity contribution is 5.46. The zero-order valence-electron chi connectivity index (χ0n) is 10.0. The SMILES string of the molecule is Cc1cc(N2CCC(CCN)CC2)ccn1. The Kier molecular flexibility index (Phi) is 3.78. The van der Waals surface area contributed by atoms with Crippen molar-refractivity contribution >= 4 is 5.69 Å². The number of aromatic nitrogens is 1. The summed E-state index contributed by atoms with van der Waals surface area (Å²) < 4.78 is 0. The van der Waals surface area contributed by atoms with Gasteiger partial charge in [0.25, 0.3) is 0 Å². The molecule has 1 aromatic heterocycles. The predicted octanol–water partition coefficient (Wildman–Crippen LogP) is 1.96. The molecule has 0 unspecified atom stereocenters. The third-order valence-electron chi connectivity index (χ3n) is 3.43. The van der Waals surface area contributed by atoms with Gasteiger partial charge in [-0.25, -0.2) is 0 Å². The minimum Gasteiger partial charge on any atom is -0.371 e. The number of piperidine rings is 1. The molecule has 0 aliphatic carbocycles. The molecule has 2 heterocycles. The second-order valence-electron chi connectivity index (χ2n) is 4.66. The molecule has 0 bridgehead atoms. The number of anilines is 1. The summed E-state index contributed by atoms with van der Waals surface area (Å²) in [7, 11) is 0. The van der Waals surface area contributed by atoms with E-state index in [4.69, 9.17) is 5.73 Å². The zero-order valence-corrected chi connectivity index (χ0v) is 10.0. The first kappa shape index (κ1) is 11.4. The van der Waals surface area contributed by atoms with Crippen LogP contribution in [0.2, 0.25) is 0 Å². The summed E-state index contributed by atoms with van der Waals surface area (Å²) in [6, 6.07) is 4.28. The van der Waals surface area contributed by atoms with Gasteiger partial charge in [-0.2, -0.15) is 0 Å². The van der Waals surface area contributed by atoms with Crippen molar-refractivity contribution < 1.29 is 0 Å². The Labute approximate surface area is 97.7 Å². The van der Waals surface area contributed by atoms with Crippen LogP contribution in [0.25, 0.3) is 0 Å². The molecule has 1 aliphatic rings. The van der Waals surface area contributed by atoms with Gasteiger partial charge in [0, 0.05) is 30.7 Å². The largest absolute Gasteiger partial charge is 0.371 e. The molecule has 0 aromatic carbocycles. The van der Waals surface area contributed by atoms with Gasteiger partial charge in [0.15, 0.2) is 0 Å². The highest BCUT2D eigenvalue weighted by Crippen LogP contribution is 2.24. The molecule has 2 N–H and O–H groups in total. The Morgan fingerprint density at radius 2 is 2.19 bits per heavy atom. The lowest BCUT2D eigenvalue weighted by molar-refractivity contribution is 0.386. The van der Waals surface area contributed by atoms with Gasteiger partial charge in [-0.15, -0.1) is 0 Å². The standard InChI is InChI=1S/C13H21N3/c1-11-10-13(3-7-15-11)16-8-4-12(2-6-14)5-9-16/h3,7,10,12H,2,4-6,8-9,14H2,1H3. The van der Waals surface area contributed by atoms with Crippen LogP contribution in [-0.2, 0) is 0 Å². The molecular formula is C13H21N3. The number of rotatable bonds is 3. The van der Waals surface area contributed by atoms with Crippen LogP contribution in [0.15, 0.2) is 18.3 Å². The highest BCUT2D eigenvalue weighted by Gasteiger charge is 2.18. The Hall–Kier alpha value is -1.09. The molecule has 3 heteroatoms. The number of nitrogens with two attached hydrogens (primary N) is 1. The van der Waals surface area contributed by atoms with Crippen molar-refractivity contribution in [1.82, 2.24) is 4.98 Å². The minimum atomic E-state index is 0.832. The Bertz CT molecular complexity index is 330. The molecule has 3 nitrogen and oxygen atoms in total. The lowest BCUT2D eigenvalue weighted by Gasteiger charge is -2.33. The first-order chi connectivity index (χ1) is 7.79. The van der Waals surface area contributed by atoms with Gasteiger partial charge in [-0.1, -0.05) is 0 Å². The maximum Gasteiger partial charge on any atom is 0.0399 e. The second-order valence-corrected chi connectivity index (χ2v) is 4.66. The first-order valence-corrected chi connectivity index (χ1v) is 6.17. The molecule has 2 rings (SSSR count). The fraction of sp³-hybridized carbons (Fsp3) is 0.615. The maximum absolute atomic E-state index is 5.60. The van der Waals surface area contributed by atoms with E-state index in [0.29, 0.717) is 0 Å². The molecule has 0 atom stereocenters. The van der Waals surface area contributed by atoms with E-state index in [-0.39, 0.29) is 0 Å². The summed E-state index contributed by atoms with van der Waals surface area (Å²) in [5.41, 5.74) is 8.02. The normalized spacial score (nSPS) is 17.8. The van der Waals surface area contributed by atoms with Crippen LogP contribution in [0.5, 0.6) is 0 Å². The molecule has 0 spiro atoms. The molecule has 1 fully saturated rings. The van der Waals surface area contributed by atoms with E-state index < -0.39 is 0 Å². The summed E-state index contributed by atoms with van der Waals surface area (Å²) in [5, 5.41) is 0. The maximum atomic E-state index is 5.60. The first-order valence-electron chi connectivity index (χ1n) is 6.17. The number of hydrogen-bond donors (Lipinski definition) is 1. The average molecular weight is 219 g/mol. The monoisotopic (exact) mass is 219 g/mol. The highest BCUT2D eigenvalue weighted by atomic mass is 15.1. The topological polar surface area (TPSA) is 42.1 Å². The van der Waals surface area contributed by atoms with E-state index in [1.165, 1.54) is 24.9 Å². The summed E-state index contributed by atoms with van der Waals surface area (Å²) in [4.78, 5) is 6.70. The van der Waals surface area contributed by atoms with Crippen LogP contribution in [0.3, 0.4) is 0 Å². The van der Waals surface area contributed by atoms with Crippen molar-refractivity contribution in [3.63, 3.8) is 0 Å². The number of hydrogen-bond acceptors (Lipinski definition) is 3. The molecule has 0 radical (unpaired) electrons. The molecule has 0 amide bonds. The Balaban J connectivity index is 1.94. The van der Waals surface area contributed by atoms with Gasteiger partial charge in [0.1, 0.15) is 0 Å². The van der Waals surface area contributed by atoms with E-state index in [1.54, 1.807) is 0 Å². The smallest absolute Gasteiger partial charge is 0.0399 e. The van der Waals surface area contributed by atoms with Crippen molar-refractivity contribution in [3.05, 3.63) is 24.0 Å². The summed E-state index contributed by atoms with van der Waals surface area (Å²) in [6.07, 6.45) is 5.64. The average Bonchev–Trinajstić information content (AvgIpc) is 2.30. The molecule has 0 saturated carbocycles. The quantitative estimate of drug-likeness (QED) is 0.845. The lowest BCUT2D eigenvalue weighted by Crippen LogP contribution is -2.34. The Morgan fingerprint density at radius 1 is 1.44 bits per heavy atom. The van der Waals surface area contributed by atoms with Gasteiger partial charge in [-0.3, -0.25) is 4.98 Å². The van der Waals surface area contributed by atoms with Crippen molar-refractivity contribution in [2.24, 2.45) is 11.7 Å². The van der Waals surface area contributed by atoms with E-state index in [1.807, 2.05) is 13.1 Å². The van der Waals surface area contributed by atoms with Crippen LogP contribution >= 0.6 is 0 Å². The van der Waals surface area contributed by atoms with E-state index in [0.717, 1.165) is 31.2 Å². The third-order valence-corrected chi connectivity index (χ3v) is 3.43. The van der Waals surface area contributed by atoms with Crippen LogP contribution in [0, 0.1) is 12.8 Å². The molecule has 1 aliphatic heterocycles. The van der Waals surface area contributed by atoms with Crippen LogP contribution in [0.1, 0.15) is 25.0 Å². The fourth-order valence-electron chi connectivity index (χ4n) is 2.44. The fourth-order valence-corrected chi connectivity index (χ4v) is 2.44. The number of pyridine rings is 1. The molecule has 1 saturated heterocycles. The van der Waals surface area contributed by atoms with Gasteiger partial charge in [0.2, 0.25) is 0 Å². The predicted molar refractivity (Wildman–Crippen MR) is 67.6 cm³/mol. The van der Waals surface area contributed by atoms with E-state index in [9.17, 15) is 0 Å². The van der Waals surface area contributed by atoms with Crippen molar-refractivity contribution in [2.45, 2.75) is 26.2 Å². The lowest BCUT2D eigenvalue weighted by atomic mass is 9.93. The third kappa shape index (κ3) is 2.73. The zero-order chi connectivity index (χ0) is 11.4. The molecular weight excluding hydrogens is 198 g/mol. The van der Waals surface area contributed by atoms with Gasteiger partial charge < -0.3 is 10.6 Å². The number of aryl methyl sites for hydroxylation is 1. The van der Waals surface area contributed by atoms with Crippen molar-refractivity contribution in [3.8, 4) is 0 Å². The van der Waals surface area contributed by atoms with Gasteiger partial charge in [-0.05, 0) is 50.8 Å². The minimum absolute atomic E-state index is 0.832. The van der Waals surface area contributed by atoms with Crippen molar-refractivity contribution in [1.29, 1.82) is 0 Å². The summed E-state index contributed by atoms with van der Waals surface area (Å²) in [5.74, 6) is 0.837. The van der Waals surface area contributed by atoms with E-state index >= 15 is 0 Å².